The Hall–Kier alpha value is -0.890. The topological polar surface area (TPSA) is 37.3 Å². The summed E-state index contributed by atoms with van der Waals surface area (Å²) < 4.78 is 0. The van der Waals surface area contributed by atoms with Crippen LogP contribution in [-0.4, -0.2) is 17.0 Å². The van der Waals surface area contributed by atoms with Gasteiger partial charge in [0.05, 0.1) is 6.10 Å². The Morgan fingerprint density at radius 1 is 1.29 bits per heavy atom. The molecule has 8 atom stereocenters. The van der Waals surface area contributed by atoms with Crippen molar-refractivity contribution in [2.45, 2.75) is 65.9 Å². The molecule has 4 rings (SSSR count). The van der Waals surface area contributed by atoms with Gasteiger partial charge in [0.1, 0.15) is 5.78 Å². The molecule has 1 N–H and O–H groups in total. The normalized spacial score (nSPS) is 53.0. The van der Waals surface area contributed by atoms with Crippen LogP contribution in [-0.2, 0) is 4.79 Å². The highest BCUT2D eigenvalue weighted by atomic mass is 16.3. The number of ketones is 1. The summed E-state index contributed by atoms with van der Waals surface area (Å²) in [6.45, 7) is 8.91. The lowest BCUT2D eigenvalue weighted by atomic mass is 9.48. The second kappa shape index (κ2) is 5.30. The molecule has 0 bridgehead atoms. The van der Waals surface area contributed by atoms with Gasteiger partial charge >= 0.3 is 0 Å². The van der Waals surface area contributed by atoms with Gasteiger partial charge in [-0.25, -0.2) is 0 Å². The van der Waals surface area contributed by atoms with E-state index in [0.29, 0.717) is 29.5 Å². The van der Waals surface area contributed by atoms with Crippen molar-refractivity contribution in [3.63, 3.8) is 0 Å². The van der Waals surface area contributed by atoms with Gasteiger partial charge in [-0.3, -0.25) is 4.79 Å². The number of aliphatic hydroxyl groups excluding tert-OH is 1. The van der Waals surface area contributed by atoms with E-state index in [4.69, 9.17) is 0 Å². The Morgan fingerprint density at radius 3 is 2.75 bits per heavy atom. The van der Waals surface area contributed by atoms with Crippen molar-refractivity contribution >= 4 is 5.78 Å². The Morgan fingerprint density at radius 2 is 2.04 bits per heavy atom. The molecular formula is C22H32O2. The highest BCUT2D eigenvalue weighted by Crippen LogP contribution is 2.66. The number of aliphatic hydroxyl groups is 1. The molecule has 0 heterocycles. The summed E-state index contributed by atoms with van der Waals surface area (Å²) in [6, 6.07) is 0. The van der Waals surface area contributed by atoms with Gasteiger partial charge in [0, 0.05) is 11.3 Å². The molecule has 4 unspecified atom stereocenters. The van der Waals surface area contributed by atoms with Crippen LogP contribution in [0, 0.1) is 40.4 Å². The minimum Gasteiger partial charge on any atom is -0.389 e. The average molecular weight is 328 g/mol. The number of fused-ring (bicyclic) bond motifs is 5. The van der Waals surface area contributed by atoms with Crippen LogP contribution in [0.15, 0.2) is 23.8 Å². The van der Waals surface area contributed by atoms with E-state index in [1.54, 1.807) is 0 Å². The molecular weight excluding hydrogens is 296 g/mol. The maximum absolute atomic E-state index is 12.4. The summed E-state index contributed by atoms with van der Waals surface area (Å²) in [5.74, 6) is 3.24. The lowest BCUT2D eigenvalue weighted by Crippen LogP contribution is -2.50. The van der Waals surface area contributed by atoms with Crippen LogP contribution in [0.25, 0.3) is 0 Å². The molecule has 132 valence electrons. The zero-order chi connectivity index (χ0) is 17.3. The molecule has 2 saturated carbocycles. The molecule has 2 nitrogen and oxygen atoms in total. The number of hydrogen-bond acceptors (Lipinski definition) is 2. The summed E-state index contributed by atoms with van der Waals surface area (Å²) in [7, 11) is 0. The molecule has 0 aromatic carbocycles. The first kappa shape index (κ1) is 16.6. The number of carbonyl (C=O) groups is 1. The van der Waals surface area contributed by atoms with Crippen LogP contribution >= 0.6 is 0 Å². The van der Waals surface area contributed by atoms with Gasteiger partial charge in [0.15, 0.2) is 0 Å². The van der Waals surface area contributed by atoms with E-state index in [0.717, 1.165) is 12.8 Å². The first-order valence-corrected chi connectivity index (χ1v) is 9.84. The molecule has 0 saturated heterocycles. The van der Waals surface area contributed by atoms with Crippen molar-refractivity contribution in [3.05, 3.63) is 23.8 Å². The molecule has 0 amide bonds. The summed E-state index contributed by atoms with van der Waals surface area (Å²) in [4.78, 5) is 12.4. The predicted octanol–water partition coefficient (Wildman–Crippen LogP) is 4.54. The van der Waals surface area contributed by atoms with Gasteiger partial charge in [-0.15, -0.1) is 0 Å². The first-order valence-electron chi connectivity index (χ1n) is 9.84. The highest BCUT2D eigenvalue weighted by Gasteiger charge is 2.60. The minimum atomic E-state index is -0.302. The fraction of sp³-hybridized carbons (Fsp3) is 0.773. The van der Waals surface area contributed by atoms with Crippen LogP contribution < -0.4 is 0 Å². The minimum absolute atomic E-state index is 0.126. The largest absolute Gasteiger partial charge is 0.389 e. The van der Waals surface area contributed by atoms with E-state index < -0.39 is 0 Å². The van der Waals surface area contributed by atoms with Gasteiger partial charge in [0.2, 0.25) is 0 Å². The smallest absolute Gasteiger partial charge is 0.133 e. The maximum Gasteiger partial charge on any atom is 0.133 e. The van der Waals surface area contributed by atoms with E-state index >= 15 is 0 Å². The van der Waals surface area contributed by atoms with E-state index in [-0.39, 0.29) is 22.9 Å². The molecule has 4 aliphatic rings. The Kier molecular flexibility index (Phi) is 3.66. The van der Waals surface area contributed by atoms with Crippen molar-refractivity contribution in [1.82, 2.24) is 0 Å². The van der Waals surface area contributed by atoms with Crippen molar-refractivity contribution in [1.29, 1.82) is 0 Å². The van der Waals surface area contributed by atoms with E-state index in [1.807, 2.05) is 13.0 Å². The molecule has 0 aliphatic heterocycles. The van der Waals surface area contributed by atoms with Crippen molar-refractivity contribution in [2.75, 3.05) is 0 Å². The van der Waals surface area contributed by atoms with Crippen LogP contribution in [0.4, 0.5) is 0 Å². The Labute approximate surface area is 146 Å². The molecule has 0 aromatic rings. The Bertz CT molecular complexity index is 617. The van der Waals surface area contributed by atoms with Crippen LogP contribution in [0.2, 0.25) is 0 Å². The quantitative estimate of drug-likeness (QED) is 0.718. The van der Waals surface area contributed by atoms with Crippen LogP contribution in [0.3, 0.4) is 0 Å². The van der Waals surface area contributed by atoms with Gasteiger partial charge in [-0.2, -0.15) is 0 Å². The second-order valence-electron chi connectivity index (χ2n) is 9.60. The molecule has 4 aliphatic carbocycles. The maximum atomic E-state index is 12.4. The first-order chi connectivity index (χ1) is 11.3. The fourth-order valence-corrected chi connectivity index (χ4v) is 7.46. The van der Waals surface area contributed by atoms with Crippen LogP contribution in [0.5, 0.6) is 0 Å². The molecule has 24 heavy (non-hydrogen) atoms. The lowest BCUT2D eigenvalue weighted by Gasteiger charge is -2.56. The lowest BCUT2D eigenvalue weighted by molar-refractivity contribution is -0.128. The van der Waals surface area contributed by atoms with Crippen molar-refractivity contribution in [3.8, 4) is 0 Å². The molecule has 0 spiro atoms. The van der Waals surface area contributed by atoms with E-state index in [9.17, 15) is 9.90 Å². The number of allylic oxidation sites excluding steroid dienone is 2. The van der Waals surface area contributed by atoms with Gasteiger partial charge in [-0.05, 0) is 68.1 Å². The highest BCUT2D eigenvalue weighted by molar-refractivity contribution is 5.80. The fourth-order valence-electron chi connectivity index (χ4n) is 7.46. The monoisotopic (exact) mass is 328 g/mol. The molecule has 2 fully saturated rings. The van der Waals surface area contributed by atoms with Crippen LogP contribution in [0.1, 0.15) is 59.8 Å². The second-order valence-corrected chi connectivity index (χ2v) is 9.60. The van der Waals surface area contributed by atoms with Gasteiger partial charge in [0.25, 0.3) is 0 Å². The molecule has 2 heteroatoms. The molecule has 0 aromatic heterocycles. The van der Waals surface area contributed by atoms with E-state index in [2.05, 4.69) is 32.9 Å². The third-order valence-electron chi connectivity index (χ3n) is 8.41. The number of rotatable bonds is 1. The standard InChI is InChI=1S/C22H32O2/c1-13-11-19-17-6-5-15-12-16(24)7-9-21(15,3)18(17)8-10-22(19,4)20(13)14(2)23/h5,7,9,13,16-20,24H,6,8,10-12H2,1-4H3/t13?,16-,17?,18?,19?,20-,21+,22+/m1/s1. The van der Waals surface area contributed by atoms with Gasteiger partial charge in [-0.1, -0.05) is 44.6 Å². The summed E-state index contributed by atoms with van der Waals surface area (Å²) >= 11 is 0. The summed E-state index contributed by atoms with van der Waals surface area (Å²) in [6.07, 6.45) is 12.0. The SMILES string of the molecule is CC(=O)[C@H]1C(C)CC2C3CC=C4C[C@H](O)C=C[C@]4(C)C3CC[C@@]21C. The molecule has 0 radical (unpaired) electrons. The average Bonchev–Trinajstić information content (AvgIpc) is 2.78. The van der Waals surface area contributed by atoms with Crippen molar-refractivity contribution < 1.29 is 9.90 Å². The number of carbonyl (C=O) groups excluding carboxylic acids is 1. The summed E-state index contributed by atoms with van der Waals surface area (Å²) in [5, 5.41) is 10.0. The van der Waals surface area contributed by atoms with E-state index in [1.165, 1.54) is 24.8 Å². The Balaban J connectivity index is 1.71. The zero-order valence-electron chi connectivity index (χ0n) is 15.6. The van der Waals surface area contributed by atoms with Gasteiger partial charge < -0.3 is 5.11 Å². The third kappa shape index (κ3) is 2.08. The number of Topliss-reactive ketones (excluding diaryl/α,β-unsaturated/α-hetero) is 1. The third-order valence-corrected chi connectivity index (χ3v) is 8.41. The zero-order valence-corrected chi connectivity index (χ0v) is 15.6. The number of hydrogen-bond donors (Lipinski definition) is 1. The van der Waals surface area contributed by atoms with Crippen molar-refractivity contribution in [2.24, 2.45) is 40.4 Å². The summed E-state index contributed by atoms with van der Waals surface area (Å²) in [5.41, 5.74) is 1.78. The predicted molar refractivity (Wildman–Crippen MR) is 96.3 cm³/mol.